The van der Waals surface area contributed by atoms with Crippen molar-refractivity contribution in [2.24, 2.45) is 5.92 Å². The smallest absolute Gasteiger partial charge is 0.0506 e. The number of nitrogens with one attached hydrogen (secondary N) is 1. The topological polar surface area (TPSA) is 24.5 Å². The fourth-order valence-electron chi connectivity index (χ4n) is 2.50. The van der Waals surface area contributed by atoms with Gasteiger partial charge >= 0.3 is 0 Å². The Bertz CT molecular complexity index is 347. The molecule has 0 amide bonds. The molecule has 0 saturated carbocycles. The van der Waals surface area contributed by atoms with Crippen molar-refractivity contribution in [2.75, 3.05) is 33.9 Å². The lowest BCUT2D eigenvalue weighted by atomic mass is 10.0. The van der Waals surface area contributed by atoms with Crippen molar-refractivity contribution < 1.29 is 4.74 Å². The van der Waals surface area contributed by atoms with Crippen LogP contribution in [0.1, 0.15) is 22.6 Å². The first-order valence-corrected chi connectivity index (χ1v) is 7.58. The van der Waals surface area contributed by atoms with Crippen molar-refractivity contribution in [1.82, 2.24) is 10.2 Å². The summed E-state index contributed by atoms with van der Waals surface area (Å²) in [7, 11) is 4.21. The third kappa shape index (κ3) is 4.35. The first-order chi connectivity index (χ1) is 8.78. The molecule has 18 heavy (non-hydrogen) atoms. The zero-order chi connectivity index (χ0) is 12.8. The Balaban J connectivity index is 1.76. The van der Waals surface area contributed by atoms with Crippen LogP contribution < -0.4 is 5.32 Å². The molecule has 0 bridgehead atoms. The predicted octanol–water partition coefficient (Wildman–Crippen LogP) is 2.33. The van der Waals surface area contributed by atoms with E-state index in [2.05, 4.69) is 29.4 Å². The van der Waals surface area contributed by atoms with Crippen LogP contribution in [0.15, 0.2) is 12.1 Å². The second-order valence-electron chi connectivity index (χ2n) is 5.18. The minimum Gasteiger partial charge on any atom is -0.381 e. The average Bonchev–Trinajstić information content (AvgIpc) is 2.78. The van der Waals surface area contributed by atoms with Crippen LogP contribution in [0.2, 0.25) is 0 Å². The van der Waals surface area contributed by atoms with Crippen LogP contribution in [0, 0.1) is 5.92 Å². The van der Waals surface area contributed by atoms with Gasteiger partial charge in [0.15, 0.2) is 0 Å². The molecule has 2 heterocycles. The Hall–Kier alpha value is -0.420. The molecule has 2 rings (SSSR count). The Morgan fingerprint density at radius 1 is 1.44 bits per heavy atom. The van der Waals surface area contributed by atoms with E-state index in [1.54, 1.807) is 0 Å². The third-order valence-electron chi connectivity index (χ3n) is 3.32. The van der Waals surface area contributed by atoms with Crippen molar-refractivity contribution >= 4 is 11.3 Å². The zero-order valence-corrected chi connectivity index (χ0v) is 12.3. The molecule has 1 aliphatic rings. The number of ether oxygens (including phenoxy) is 1. The van der Waals surface area contributed by atoms with Gasteiger partial charge in [-0.3, -0.25) is 0 Å². The largest absolute Gasteiger partial charge is 0.381 e. The standard InChI is InChI=1S/C14H24N2OS/c1-15-8-13-5-6-14(18-13)10-16(2)9-12-4-3-7-17-11-12/h5-6,12,15H,3-4,7-11H2,1-2H3. The highest BCUT2D eigenvalue weighted by atomic mass is 32.1. The van der Waals surface area contributed by atoms with Crippen LogP contribution in [0.3, 0.4) is 0 Å². The van der Waals surface area contributed by atoms with E-state index in [1.807, 2.05) is 18.4 Å². The Kier molecular flexibility index (Phi) is 5.63. The first kappa shape index (κ1) is 14.0. The summed E-state index contributed by atoms with van der Waals surface area (Å²) in [6.07, 6.45) is 2.55. The van der Waals surface area contributed by atoms with Gasteiger partial charge in [0.25, 0.3) is 0 Å². The van der Waals surface area contributed by atoms with Crippen LogP contribution in [-0.4, -0.2) is 38.8 Å². The summed E-state index contributed by atoms with van der Waals surface area (Å²) in [5.74, 6) is 0.723. The summed E-state index contributed by atoms with van der Waals surface area (Å²) < 4.78 is 5.54. The van der Waals surface area contributed by atoms with Crippen molar-refractivity contribution in [3.63, 3.8) is 0 Å². The van der Waals surface area contributed by atoms with Crippen LogP contribution in [0.25, 0.3) is 0 Å². The van der Waals surface area contributed by atoms with Crippen molar-refractivity contribution in [2.45, 2.75) is 25.9 Å². The van der Waals surface area contributed by atoms with Gasteiger partial charge in [-0.25, -0.2) is 0 Å². The highest BCUT2D eigenvalue weighted by molar-refractivity contribution is 7.11. The molecule has 1 saturated heterocycles. The first-order valence-electron chi connectivity index (χ1n) is 6.76. The van der Waals surface area contributed by atoms with Crippen molar-refractivity contribution in [1.29, 1.82) is 0 Å². The van der Waals surface area contributed by atoms with Gasteiger partial charge in [0, 0.05) is 36.0 Å². The van der Waals surface area contributed by atoms with E-state index >= 15 is 0 Å². The molecule has 0 radical (unpaired) electrons. The van der Waals surface area contributed by atoms with E-state index in [0.717, 1.165) is 38.8 Å². The summed E-state index contributed by atoms with van der Waals surface area (Å²) in [6, 6.07) is 4.49. The number of thiophene rings is 1. The van der Waals surface area contributed by atoms with E-state index in [1.165, 1.54) is 22.6 Å². The fraction of sp³-hybridized carbons (Fsp3) is 0.714. The van der Waals surface area contributed by atoms with Crippen LogP contribution >= 0.6 is 11.3 Å². The highest BCUT2D eigenvalue weighted by Crippen LogP contribution is 2.20. The molecule has 3 nitrogen and oxygen atoms in total. The molecule has 4 heteroatoms. The quantitative estimate of drug-likeness (QED) is 0.857. The van der Waals surface area contributed by atoms with Gasteiger partial charge in [0.1, 0.15) is 0 Å². The Labute approximate surface area is 114 Å². The highest BCUT2D eigenvalue weighted by Gasteiger charge is 2.16. The SMILES string of the molecule is CNCc1ccc(CN(C)CC2CCCOC2)s1. The fourth-order valence-corrected chi connectivity index (χ4v) is 3.61. The lowest BCUT2D eigenvalue weighted by Gasteiger charge is -2.26. The summed E-state index contributed by atoms with van der Waals surface area (Å²) in [4.78, 5) is 5.30. The van der Waals surface area contributed by atoms with Gasteiger partial charge < -0.3 is 15.0 Å². The molecular formula is C14H24N2OS. The number of hydrogen-bond donors (Lipinski definition) is 1. The molecular weight excluding hydrogens is 244 g/mol. The molecule has 0 aliphatic carbocycles. The van der Waals surface area contributed by atoms with Crippen LogP contribution in [0.5, 0.6) is 0 Å². The minimum atomic E-state index is 0.723. The molecule has 1 N–H and O–H groups in total. The Morgan fingerprint density at radius 3 is 3.00 bits per heavy atom. The molecule has 1 fully saturated rings. The lowest BCUT2D eigenvalue weighted by molar-refractivity contribution is 0.0413. The molecule has 1 atom stereocenters. The van der Waals surface area contributed by atoms with Crippen molar-refractivity contribution in [3.05, 3.63) is 21.9 Å². The lowest BCUT2D eigenvalue weighted by Crippen LogP contribution is -2.30. The molecule has 0 spiro atoms. The Morgan fingerprint density at radius 2 is 2.28 bits per heavy atom. The van der Waals surface area contributed by atoms with E-state index in [0.29, 0.717) is 0 Å². The summed E-state index contributed by atoms with van der Waals surface area (Å²) in [6.45, 7) is 5.09. The van der Waals surface area contributed by atoms with Gasteiger partial charge in [-0.05, 0) is 45.0 Å². The normalized spacial score (nSPS) is 20.5. The van der Waals surface area contributed by atoms with Crippen molar-refractivity contribution in [3.8, 4) is 0 Å². The minimum absolute atomic E-state index is 0.723. The molecule has 1 aliphatic heterocycles. The third-order valence-corrected chi connectivity index (χ3v) is 4.39. The zero-order valence-electron chi connectivity index (χ0n) is 11.4. The van der Waals surface area contributed by atoms with E-state index < -0.39 is 0 Å². The molecule has 102 valence electrons. The van der Waals surface area contributed by atoms with Crippen LogP contribution in [-0.2, 0) is 17.8 Å². The maximum atomic E-state index is 5.54. The predicted molar refractivity (Wildman–Crippen MR) is 77.0 cm³/mol. The molecule has 1 aromatic heterocycles. The summed E-state index contributed by atoms with van der Waals surface area (Å²) in [5.41, 5.74) is 0. The van der Waals surface area contributed by atoms with Gasteiger partial charge in [-0.15, -0.1) is 11.3 Å². The molecule has 1 unspecified atom stereocenters. The summed E-state index contributed by atoms with van der Waals surface area (Å²) in [5, 5.41) is 3.20. The van der Waals surface area contributed by atoms with Gasteiger partial charge in [0.05, 0.1) is 6.61 Å². The second-order valence-corrected chi connectivity index (χ2v) is 6.43. The molecule has 0 aromatic carbocycles. The maximum Gasteiger partial charge on any atom is 0.0506 e. The van der Waals surface area contributed by atoms with Gasteiger partial charge in [-0.2, -0.15) is 0 Å². The van der Waals surface area contributed by atoms with Gasteiger partial charge in [-0.1, -0.05) is 0 Å². The van der Waals surface area contributed by atoms with Gasteiger partial charge in [0.2, 0.25) is 0 Å². The molecule has 1 aromatic rings. The summed E-state index contributed by atoms with van der Waals surface area (Å²) >= 11 is 1.91. The monoisotopic (exact) mass is 268 g/mol. The number of rotatable bonds is 6. The van der Waals surface area contributed by atoms with E-state index in [9.17, 15) is 0 Å². The van der Waals surface area contributed by atoms with E-state index in [4.69, 9.17) is 4.74 Å². The van der Waals surface area contributed by atoms with Crippen LogP contribution in [0.4, 0.5) is 0 Å². The maximum absolute atomic E-state index is 5.54. The number of nitrogens with zero attached hydrogens (tertiary/aromatic N) is 1. The second kappa shape index (κ2) is 7.24. The number of hydrogen-bond acceptors (Lipinski definition) is 4. The van der Waals surface area contributed by atoms with E-state index in [-0.39, 0.29) is 0 Å². The average molecular weight is 268 g/mol.